The summed E-state index contributed by atoms with van der Waals surface area (Å²) in [6.07, 6.45) is 3.51. The van der Waals surface area contributed by atoms with Crippen molar-refractivity contribution in [1.82, 2.24) is 14.7 Å². The molecule has 152 valence electrons. The summed E-state index contributed by atoms with van der Waals surface area (Å²) >= 11 is 0. The smallest absolute Gasteiger partial charge is 0.409 e. The Morgan fingerprint density at radius 2 is 1.85 bits per heavy atom. The average molecular weight is 378 g/mol. The number of nitrogens with zero attached hydrogens (tertiary/aromatic N) is 3. The molecule has 2 aliphatic heterocycles. The third kappa shape index (κ3) is 3.24. The molecule has 2 amide bonds. The fourth-order valence-corrected chi connectivity index (χ4v) is 6.07. The van der Waals surface area contributed by atoms with Gasteiger partial charge in [-0.3, -0.25) is 9.69 Å². The average Bonchev–Trinajstić information content (AvgIpc) is 2.97. The van der Waals surface area contributed by atoms with Crippen molar-refractivity contribution >= 4 is 12.0 Å². The SMILES string of the molecule is CCOC(=O)N1CC2(CCC(N3C[C@@H]4[C@H](C3)[C@@H]4C(=O)N(CC)C(C)C)C2)C1. The molecular weight excluding hydrogens is 342 g/mol. The topological polar surface area (TPSA) is 53.1 Å². The summed E-state index contributed by atoms with van der Waals surface area (Å²) in [6.45, 7) is 13.4. The van der Waals surface area contributed by atoms with E-state index in [0.717, 1.165) is 32.7 Å². The van der Waals surface area contributed by atoms with E-state index in [0.29, 0.717) is 41.8 Å². The minimum atomic E-state index is -0.152. The molecule has 1 unspecified atom stereocenters. The van der Waals surface area contributed by atoms with Gasteiger partial charge in [0, 0.05) is 56.1 Å². The highest BCUT2D eigenvalue weighted by atomic mass is 16.6. The van der Waals surface area contributed by atoms with Crippen molar-refractivity contribution < 1.29 is 14.3 Å². The molecule has 1 spiro atoms. The van der Waals surface area contributed by atoms with Crippen LogP contribution in [0.25, 0.3) is 0 Å². The highest BCUT2D eigenvalue weighted by Crippen LogP contribution is 2.55. The number of carbonyl (C=O) groups excluding carboxylic acids is 2. The molecule has 6 heteroatoms. The monoisotopic (exact) mass is 377 g/mol. The van der Waals surface area contributed by atoms with Gasteiger partial charge in [-0.05, 0) is 58.8 Å². The van der Waals surface area contributed by atoms with Crippen molar-refractivity contribution in [1.29, 1.82) is 0 Å². The van der Waals surface area contributed by atoms with Gasteiger partial charge in [-0.15, -0.1) is 0 Å². The molecule has 4 fully saturated rings. The van der Waals surface area contributed by atoms with E-state index in [9.17, 15) is 9.59 Å². The highest BCUT2D eigenvalue weighted by Gasteiger charge is 2.62. The maximum absolute atomic E-state index is 12.8. The van der Waals surface area contributed by atoms with E-state index >= 15 is 0 Å². The van der Waals surface area contributed by atoms with E-state index in [-0.39, 0.29) is 12.0 Å². The van der Waals surface area contributed by atoms with Gasteiger partial charge < -0.3 is 14.5 Å². The van der Waals surface area contributed by atoms with Gasteiger partial charge in [0.25, 0.3) is 0 Å². The molecule has 4 rings (SSSR count). The summed E-state index contributed by atoms with van der Waals surface area (Å²) in [5.41, 5.74) is 0.329. The van der Waals surface area contributed by atoms with Crippen LogP contribution in [0.2, 0.25) is 0 Å². The zero-order chi connectivity index (χ0) is 19.3. The van der Waals surface area contributed by atoms with Crippen LogP contribution < -0.4 is 0 Å². The number of piperidine rings is 1. The van der Waals surface area contributed by atoms with Crippen LogP contribution in [0.1, 0.15) is 47.0 Å². The van der Waals surface area contributed by atoms with Crippen molar-refractivity contribution in [3.63, 3.8) is 0 Å². The van der Waals surface area contributed by atoms with E-state index in [1.165, 1.54) is 19.3 Å². The first-order chi connectivity index (χ1) is 12.9. The fraction of sp³-hybridized carbons (Fsp3) is 0.905. The Morgan fingerprint density at radius 3 is 2.41 bits per heavy atom. The standard InChI is InChI=1S/C21H35N3O3/c1-5-24(14(3)4)19(25)18-16-10-22(11-17(16)18)15-7-8-21(9-15)12-23(13-21)20(26)27-6-2/h14-18H,5-13H2,1-4H3/t15?,16-,17+,18-. The molecule has 4 atom stereocenters. The first-order valence-corrected chi connectivity index (χ1v) is 10.9. The number of likely N-dealkylation sites (tertiary alicyclic amines) is 2. The van der Waals surface area contributed by atoms with Crippen molar-refractivity contribution in [2.24, 2.45) is 23.2 Å². The van der Waals surface area contributed by atoms with E-state index in [1.54, 1.807) is 0 Å². The number of fused-ring (bicyclic) bond motifs is 1. The lowest BCUT2D eigenvalue weighted by atomic mass is 9.78. The molecule has 0 aromatic carbocycles. The molecule has 2 saturated carbocycles. The Bertz CT molecular complexity index is 589. The summed E-state index contributed by atoms with van der Waals surface area (Å²) in [7, 11) is 0. The summed E-state index contributed by atoms with van der Waals surface area (Å²) < 4.78 is 5.12. The minimum absolute atomic E-state index is 0.152. The van der Waals surface area contributed by atoms with E-state index in [4.69, 9.17) is 4.74 Å². The Balaban J connectivity index is 1.25. The normalized spacial score (nSPS) is 33.9. The molecule has 0 radical (unpaired) electrons. The maximum Gasteiger partial charge on any atom is 0.409 e. The van der Waals surface area contributed by atoms with Gasteiger partial charge in [-0.1, -0.05) is 0 Å². The Labute approximate surface area is 163 Å². The second kappa shape index (κ2) is 6.94. The number of carbonyl (C=O) groups is 2. The highest BCUT2D eigenvalue weighted by molar-refractivity contribution is 5.83. The molecule has 27 heavy (non-hydrogen) atoms. The maximum atomic E-state index is 12.8. The quantitative estimate of drug-likeness (QED) is 0.738. The Hall–Kier alpha value is -1.30. The molecular formula is C21H35N3O3. The van der Waals surface area contributed by atoms with Crippen molar-refractivity contribution in [3.05, 3.63) is 0 Å². The van der Waals surface area contributed by atoms with Crippen LogP contribution in [0.15, 0.2) is 0 Å². The van der Waals surface area contributed by atoms with Gasteiger partial charge in [0.2, 0.25) is 5.91 Å². The van der Waals surface area contributed by atoms with Crippen LogP contribution in [-0.4, -0.2) is 78.1 Å². The minimum Gasteiger partial charge on any atom is -0.450 e. The summed E-state index contributed by atoms with van der Waals surface area (Å²) in [6, 6.07) is 0.945. The molecule has 2 saturated heterocycles. The van der Waals surface area contributed by atoms with E-state index in [2.05, 4.69) is 25.7 Å². The molecule has 0 aromatic heterocycles. The van der Waals surface area contributed by atoms with Gasteiger partial charge in [-0.25, -0.2) is 4.79 Å². The first kappa shape index (κ1) is 19.0. The first-order valence-electron chi connectivity index (χ1n) is 10.9. The molecule has 0 aromatic rings. The Kier molecular flexibility index (Phi) is 4.90. The summed E-state index contributed by atoms with van der Waals surface area (Å²) in [5.74, 6) is 1.83. The number of amides is 2. The van der Waals surface area contributed by atoms with Gasteiger partial charge >= 0.3 is 6.09 Å². The molecule has 6 nitrogen and oxygen atoms in total. The second-order valence-electron chi connectivity index (χ2n) is 9.48. The number of hydrogen-bond donors (Lipinski definition) is 0. The predicted molar refractivity (Wildman–Crippen MR) is 103 cm³/mol. The second-order valence-corrected chi connectivity index (χ2v) is 9.48. The lowest BCUT2D eigenvalue weighted by Crippen LogP contribution is -2.58. The number of ether oxygens (including phenoxy) is 1. The fourth-order valence-electron chi connectivity index (χ4n) is 6.07. The van der Waals surface area contributed by atoms with Crippen molar-refractivity contribution in [2.45, 2.75) is 59.0 Å². The molecule has 2 heterocycles. The van der Waals surface area contributed by atoms with Crippen LogP contribution >= 0.6 is 0 Å². The number of rotatable bonds is 5. The van der Waals surface area contributed by atoms with Crippen LogP contribution in [0.4, 0.5) is 4.79 Å². The van der Waals surface area contributed by atoms with Crippen molar-refractivity contribution in [3.8, 4) is 0 Å². The molecule has 0 bridgehead atoms. The van der Waals surface area contributed by atoms with Crippen molar-refractivity contribution in [2.75, 3.05) is 39.3 Å². The molecule has 2 aliphatic carbocycles. The van der Waals surface area contributed by atoms with Crippen LogP contribution in [-0.2, 0) is 9.53 Å². The lowest BCUT2D eigenvalue weighted by Gasteiger charge is -2.47. The largest absolute Gasteiger partial charge is 0.450 e. The zero-order valence-electron chi connectivity index (χ0n) is 17.3. The van der Waals surface area contributed by atoms with Crippen LogP contribution in [0, 0.1) is 23.2 Å². The lowest BCUT2D eigenvalue weighted by molar-refractivity contribution is -0.135. The van der Waals surface area contributed by atoms with Crippen LogP contribution in [0.3, 0.4) is 0 Å². The Morgan fingerprint density at radius 1 is 1.19 bits per heavy atom. The third-order valence-electron chi connectivity index (χ3n) is 7.53. The van der Waals surface area contributed by atoms with E-state index in [1.807, 2.05) is 16.7 Å². The molecule has 4 aliphatic rings. The predicted octanol–water partition coefficient (Wildman–Crippen LogP) is 2.43. The summed E-state index contributed by atoms with van der Waals surface area (Å²) in [5, 5.41) is 0. The van der Waals surface area contributed by atoms with Gasteiger partial charge in [0.1, 0.15) is 0 Å². The van der Waals surface area contributed by atoms with Gasteiger partial charge in [0.15, 0.2) is 0 Å². The summed E-state index contributed by atoms with van der Waals surface area (Å²) in [4.78, 5) is 31.2. The number of hydrogen-bond acceptors (Lipinski definition) is 4. The molecule has 0 N–H and O–H groups in total. The van der Waals surface area contributed by atoms with Crippen LogP contribution in [0.5, 0.6) is 0 Å². The third-order valence-corrected chi connectivity index (χ3v) is 7.53. The van der Waals surface area contributed by atoms with Gasteiger partial charge in [0.05, 0.1) is 6.61 Å². The zero-order valence-corrected chi connectivity index (χ0v) is 17.3. The van der Waals surface area contributed by atoms with E-state index < -0.39 is 0 Å². The van der Waals surface area contributed by atoms with Gasteiger partial charge in [-0.2, -0.15) is 0 Å².